The van der Waals surface area contributed by atoms with Crippen LogP contribution in [0, 0.1) is 0 Å². The van der Waals surface area contributed by atoms with Crippen molar-refractivity contribution in [2.75, 3.05) is 30.7 Å². The number of likely N-dealkylation sites (tertiary alicyclic amines) is 1. The van der Waals surface area contributed by atoms with Crippen LogP contribution in [-0.2, 0) is 0 Å². The molecule has 1 aliphatic rings. The van der Waals surface area contributed by atoms with Crippen LogP contribution < -0.4 is 15.8 Å². The van der Waals surface area contributed by atoms with Crippen molar-refractivity contribution in [3.8, 4) is 5.75 Å². The zero-order valence-electron chi connectivity index (χ0n) is 13.2. The van der Waals surface area contributed by atoms with Crippen molar-refractivity contribution in [1.82, 2.24) is 4.90 Å². The Morgan fingerprint density at radius 1 is 1.22 bits per heavy atom. The average molecular weight is 311 g/mol. The van der Waals surface area contributed by atoms with E-state index in [1.807, 2.05) is 24.3 Å². The average Bonchev–Trinajstić information content (AvgIpc) is 2.53. The lowest BCUT2D eigenvalue weighted by atomic mass is 10.1. The van der Waals surface area contributed by atoms with Crippen molar-refractivity contribution in [3.63, 3.8) is 0 Å². The molecule has 1 saturated heterocycles. The third-order valence-electron chi connectivity index (χ3n) is 4.00. The molecule has 0 atom stereocenters. The Kier molecular flexibility index (Phi) is 4.48. The zero-order valence-corrected chi connectivity index (χ0v) is 13.2. The minimum Gasteiger partial charge on any atom is -0.488 e. The fourth-order valence-corrected chi connectivity index (χ4v) is 2.54. The molecule has 0 aliphatic carbocycles. The smallest absolute Gasteiger partial charge is 0.255 e. The number of hydrogen-bond donors (Lipinski definition) is 2. The van der Waals surface area contributed by atoms with Crippen LogP contribution in [0.25, 0.3) is 0 Å². The maximum Gasteiger partial charge on any atom is 0.255 e. The number of hydrogen-bond acceptors (Lipinski definition) is 4. The molecule has 5 heteroatoms. The van der Waals surface area contributed by atoms with Gasteiger partial charge in [-0.15, -0.1) is 0 Å². The molecule has 0 unspecified atom stereocenters. The van der Waals surface area contributed by atoms with E-state index in [1.165, 1.54) is 0 Å². The van der Waals surface area contributed by atoms with E-state index in [9.17, 15) is 4.79 Å². The second kappa shape index (κ2) is 6.71. The van der Waals surface area contributed by atoms with Crippen molar-refractivity contribution < 1.29 is 9.53 Å². The van der Waals surface area contributed by atoms with E-state index in [0.29, 0.717) is 16.9 Å². The number of amides is 1. The molecule has 0 aromatic heterocycles. The van der Waals surface area contributed by atoms with Crippen LogP contribution >= 0.6 is 0 Å². The van der Waals surface area contributed by atoms with E-state index < -0.39 is 0 Å². The highest BCUT2D eigenvalue weighted by Gasteiger charge is 2.26. The van der Waals surface area contributed by atoms with E-state index in [2.05, 4.69) is 17.1 Å². The third kappa shape index (κ3) is 3.63. The van der Waals surface area contributed by atoms with E-state index in [-0.39, 0.29) is 12.0 Å². The third-order valence-corrected chi connectivity index (χ3v) is 4.00. The summed E-state index contributed by atoms with van der Waals surface area (Å²) >= 11 is 0. The van der Waals surface area contributed by atoms with E-state index in [1.54, 1.807) is 24.3 Å². The van der Waals surface area contributed by atoms with Gasteiger partial charge in [0.2, 0.25) is 0 Å². The number of anilines is 2. The molecule has 0 spiro atoms. The number of carbonyl (C=O) groups excluding carboxylic acids is 1. The lowest BCUT2D eigenvalue weighted by Gasteiger charge is -2.38. The second-order valence-corrected chi connectivity index (χ2v) is 5.66. The molecule has 23 heavy (non-hydrogen) atoms. The van der Waals surface area contributed by atoms with Gasteiger partial charge in [-0.3, -0.25) is 9.69 Å². The topological polar surface area (TPSA) is 67.6 Å². The Bertz CT molecular complexity index is 679. The van der Waals surface area contributed by atoms with Gasteiger partial charge in [-0.25, -0.2) is 0 Å². The molecule has 1 amide bonds. The Hall–Kier alpha value is -2.53. The fourth-order valence-electron chi connectivity index (χ4n) is 2.54. The Morgan fingerprint density at radius 3 is 2.57 bits per heavy atom. The van der Waals surface area contributed by atoms with E-state index >= 15 is 0 Å². The zero-order chi connectivity index (χ0) is 16.2. The number of rotatable bonds is 5. The Balaban J connectivity index is 1.58. The van der Waals surface area contributed by atoms with Gasteiger partial charge in [0.05, 0.1) is 11.4 Å². The summed E-state index contributed by atoms with van der Waals surface area (Å²) in [5.41, 5.74) is 7.57. The summed E-state index contributed by atoms with van der Waals surface area (Å²) in [6.45, 7) is 5.13. The minimum absolute atomic E-state index is 0.185. The number of ether oxygens (including phenoxy) is 1. The van der Waals surface area contributed by atoms with Crippen LogP contribution in [0.4, 0.5) is 11.4 Å². The van der Waals surface area contributed by atoms with Gasteiger partial charge >= 0.3 is 0 Å². The van der Waals surface area contributed by atoms with Gasteiger partial charge < -0.3 is 15.8 Å². The highest BCUT2D eigenvalue weighted by atomic mass is 16.5. The summed E-state index contributed by atoms with van der Waals surface area (Å²) in [4.78, 5) is 14.6. The predicted molar refractivity (Wildman–Crippen MR) is 91.8 cm³/mol. The van der Waals surface area contributed by atoms with Crippen molar-refractivity contribution in [2.24, 2.45) is 0 Å². The molecule has 1 heterocycles. The summed E-state index contributed by atoms with van der Waals surface area (Å²) in [7, 11) is 0. The summed E-state index contributed by atoms with van der Waals surface area (Å²) < 4.78 is 5.86. The van der Waals surface area contributed by atoms with Gasteiger partial charge in [-0.2, -0.15) is 0 Å². The maximum absolute atomic E-state index is 12.2. The number of nitrogens with two attached hydrogens (primary N) is 1. The lowest BCUT2D eigenvalue weighted by molar-refractivity contribution is 0.0238. The van der Waals surface area contributed by atoms with Gasteiger partial charge in [0.1, 0.15) is 11.9 Å². The molecule has 0 bridgehead atoms. The van der Waals surface area contributed by atoms with Crippen molar-refractivity contribution >= 4 is 17.3 Å². The van der Waals surface area contributed by atoms with Crippen LogP contribution in [0.2, 0.25) is 0 Å². The number of benzene rings is 2. The fraction of sp³-hybridized carbons (Fsp3) is 0.278. The van der Waals surface area contributed by atoms with Gasteiger partial charge in [-0.1, -0.05) is 19.1 Å². The van der Waals surface area contributed by atoms with Gasteiger partial charge in [0.25, 0.3) is 5.91 Å². The molecule has 120 valence electrons. The van der Waals surface area contributed by atoms with Crippen molar-refractivity contribution in [2.45, 2.75) is 13.0 Å². The molecule has 5 nitrogen and oxygen atoms in total. The van der Waals surface area contributed by atoms with Gasteiger partial charge in [0, 0.05) is 18.7 Å². The molecule has 2 aromatic rings. The maximum atomic E-state index is 12.2. The van der Waals surface area contributed by atoms with Crippen LogP contribution in [-0.4, -0.2) is 36.5 Å². The summed E-state index contributed by atoms with van der Waals surface area (Å²) in [6.07, 6.45) is 0.249. The normalized spacial score (nSPS) is 15.0. The SMILES string of the molecule is CCN1CC(Oc2ccc(C(=O)Nc3ccccc3N)cc2)C1. The first kappa shape index (κ1) is 15.4. The number of para-hydroxylation sites is 2. The quantitative estimate of drug-likeness (QED) is 0.833. The molecule has 3 rings (SSSR count). The standard InChI is InChI=1S/C18H21N3O2/c1-2-21-11-15(12-21)23-14-9-7-13(8-10-14)18(22)20-17-6-4-3-5-16(17)19/h3-10,15H,2,11-12,19H2,1H3,(H,20,22). The summed E-state index contributed by atoms with van der Waals surface area (Å²) in [5, 5.41) is 2.81. The molecular weight excluding hydrogens is 290 g/mol. The minimum atomic E-state index is -0.185. The summed E-state index contributed by atoms with van der Waals surface area (Å²) in [6, 6.07) is 14.4. The van der Waals surface area contributed by atoms with Crippen LogP contribution in [0.5, 0.6) is 5.75 Å². The molecule has 0 radical (unpaired) electrons. The summed E-state index contributed by atoms with van der Waals surface area (Å²) in [5.74, 6) is 0.608. The Morgan fingerprint density at radius 2 is 1.91 bits per heavy atom. The first-order valence-electron chi connectivity index (χ1n) is 7.80. The van der Waals surface area contributed by atoms with E-state index in [0.717, 1.165) is 25.4 Å². The van der Waals surface area contributed by atoms with Gasteiger partial charge in [-0.05, 0) is 42.9 Å². The molecule has 2 aromatic carbocycles. The molecule has 3 N–H and O–H groups in total. The van der Waals surface area contributed by atoms with Crippen molar-refractivity contribution in [3.05, 3.63) is 54.1 Å². The number of likely N-dealkylation sites (N-methyl/N-ethyl adjacent to an activating group) is 1. The lowest BCUT2D eigenvalue weighted by Crippen LogP contribution is -2.53. The van der Waals surface area contributed by atoms with E-state index in [4.69, 9.17) is 10.5 Å². The highest BCUT2D eigenvalue weighted by Crippen LogP contribution is 2.21. The van der Waals surface area contributed by atoms with Crippen LogP contribution in [0.1, 0.15) is 17.3 Å². The van der Waals surface area contributed by atoms with Crippen LogP contribution in [0.15, 0.2) is 48.5 Å². The largest absolute Gasteiger partial charge is 0.488 e. The number of nitrogens with zero attached hydrogens (tertiary/aromatic N) is 1. The predicted octanol–water partition coefficient (Wildman–Crippen LogP) is 2.60. The number of carbonyl (C=O) groups is 1. The van der Waals surface area contributed by atoms with Crippen molar-refractivity contribution in [1.29, 1.82) is 0 Å². The van der Waals surface area contributed by atoms with Crippen LogP contribution in [0.3, 0.4) is 0 Å². The first-order chi connectivity index (χ1) is 11.2. The number of nitrogen functional groups attached to an aromatic ring is 1. The molecular formula is C18H21N3O2. The number of nitrogens with one attached hydrogen (secondary N) is 1. The highest BCUT2D eigenvalue weighted by molar-refractivity contribution is 6.05. The second-order valence-electron chi connectivity index (χ2n) is 5.66. The molecule has 1 aliphatic heterocycles. The first-order valence-corrected chi connectivity index (χ1v) is 7.80. The Labute approximate surface area is 136 Å². The monoisotopic (exact) mass is 311 g/mol. The molecule has 1 fully saturated rings. The molecule has 0 saturated carbocycles. The van der Waals surface area contributed by atoms with Gasteiger partial charge in [0.15, 0.2) is 0 Å².